The molecule has 2 N–H and O–H groups in total. The van der Waals surface area contributed by atoms with Gasteiger partial charge in [0, 0.05) is 11.1 Å². The molecule has 0 atom stereocenters. The molecular weight excluding hydrogens is 378 g/mol. The molecule has 1 heterocycles. The second-order valence-corrected chi connectivity index (χ2v) is 6.87. The quantitative estimate of drug-likeness (QED) is 0.506. The molecule has 150 valence electrons. The molecular formula is C23H21N5O2. The van der Waals surface area contributed by atoms with Crippen molar-refractivity contribution in [2.24, 2.45) is 0 Å². The van der Waals surface area contributed by atoms with Crippen LogP contribution in [0.15, 0.2) is 72.8 Å². The summed E-state index contributed by atoms with van der Waals surface area (Å²) in [5.41, 5.74) is 3.74. The fourth-order valence-corrected chi connectivity index (χ4v) is 3.11. The van der Waals surface area contributed by atoms with Gasteiger partial charge in [0.05, 0.1) is 11.4 Å². The van der Waals surface area contributed by atoms with E-state index in [-0.39, 0.29) is 11.7 Å². The van der Waals surface area contributed by atoms with E-state index in [1.54, 1.807) is 30.3 Å². The van der Waals surface area contributed by atoms with Crippen LogP contribution in [0.25, 0.3) is 17.1 Å². The third-order valence-electron chi connectivity index (χ3n) is 4.67. The number of amides is 1. The van der Waals surface area contributed by atoms with Gasteiger partial charge in [-0.25, -0.2) is 0 Å². The summed E-state index contributed by atoms with van der Waals surface area (Å²) in [7, 11) is 0. The number of hydrogen-bond acceptors (Lipinski definition) is 5. The van der Waals surface area contributed by atoms with Crippen molar-refractivity contribution in [2.45, 2.75) is 19.8 Å². The minimum absolute atomic E-state index is 0.162. The van der Waals surface area contributed by atoms with E-state index >= 15 is 0 Å². The topological polar surface area (TPSA) is 92.9 Å². The zero-order valence-electron chi connectivity index (χ0n) is 16.5. The van der Waals surface area contributed by atoms with E-state index in [9.17, 15) is 9.90 Å². The highest BCUT2D eigenvalue weighted by Gasteiger charge is 2.14. The number of benzene rings is 3. The highest BCUT2D eigenvalue weighted by atomic mass is 16.3. The molecule has 30 heavy (non-hydrogen) atoms. The number of nitrogens with one attached hydrogen (secondary N) is 1. The standard InChI is InChI=1S/C23H21N5O2/c1-2-5-16-8-10-17(11-9-16)23(30)24-21-7-4-3-6-20(21)22-25-27-28(26-22)18-12-14-19(29)15-13-18/h3-4,6-15,29H,2,5H2,1H3,(H,24,30). The molecule has 1 amide bonds. The second-order valence-electron chi connectivity index (χ2n) is 6.87. The van der Waals surface area contributed by atoms with Gasteiger partial charge >= 0.3 is 0 Å². The van der Waals surface area contributed by atoms with Crippen molar-refractivity contribution >= 4 is 11.6 Å². The Bertz CT molecular complexity index is 1150. The smallest absolute Gasteiger partial charge is 0.255 e. The van der Waals surface area contributed by atoms with Crippen LogP contribution in [-0.4, -0.2) is 31.2 Å². The summed E-state index contributed by atoms with van der Waals surface area (Å²) in [6.45, 7) is 2.13. The maximum Gasteiger partial charge on any atom is 0.255 e. The molecule has 0 saturated heterocycles. The van der Waals surface area contributed by atoms with Gasteiger partial charge < -0.3 is 10.4 Å². The third-order valence-corrected chi connectivity index (χ3v) is 4.67. The first-order valence-electron chi connectivity index (χ1n) is 9.73. The Morgan fingerprint density at radius 2 is 1.73 bits per heavy atom. The molecule has 0 bridgehead atoms. The first-order valence-corrected chi connectivity index (χ1v) is 9.73. The lowest BCUT2D eigenvalue weighted by molar-refractivity contribution is 0.102. The van der Waals surface area contributed by atoms with E-state index in [1.165, 1.54) is 10.4 Å². The molecule has 3 aromatic carbocycles. The van der Waals surface area contributed by atoms with Crippen molar-refractivity contribution in [2.75, 3.05) is 5.32 Å². The van der Waals surface area contributed by atoms with Crippen LogP contribution in [0.2, 0.25) is 0 Å². The van der Waals surface area contributed by atoms with Crippen LogP contribution < -0.4 is 5.32 Å². The summed E-state index contributed by atoms with van der Waals surface area (Å²) in [6.07, 6.45) is 2.06. The summed E-state index contributed by atoms with van der Waals surface area (Å²) in [4.78, 5) is 14.1. The van der Waals surface area contributed by atoms with Crippen LogP contribution in [0.4, 0.5) is 5.69 Å². The lowest BCUT2D eigenvalue weighted by Crippen LogP contribution is -2.12. The molecule has 1 aromatic heterocycles. The summed E-state index contributed by atoms with van der Waals surface area (Å²) in [5, 5.41) is 25.0. The Balaban J connectivity index is 1.57. The van der Waals surface area contributed by atoms with Gasteiger partial charge in [0.15, 0.2) is 0 Å². The van der Waals surface area contributed by atoms with E-state index < -0.39 is 0 Å². The first-order chi connectivity index (χ1) is 14.6. The average molecular weight is 399 g/mol. The van der Waals surface area contributed by atoms with E-state index in [0.29, 0.717) is 28.3 Å². The number of anilines is 1. The molecule has 0 aliphatic carbocycles. The van der Waals surface area contributed by atoms with Crippen molar-refractivity contribution in [3.05, 3.63) is 83.9 Å². The summed E-state index contributed by atoms with van der Waals surface area (Å²) >= 11 is 0. The summed E-state index contributed by atoms with van der Waals surface area (Å²) in [6, 6.07) is 21.5. The number of carbonyl (C=O) groups excluding carboxylic acids is 1. The Kier molecular flexibility index (Phi) is 5.52. The number of tetrazole rings is 1. The monoisotopic (exact) mass is 399 g/mol. The Morgan fingerprint density at radius 1 is 1.00 bits per heavy atom. The van der Waals surface area contributed by atoms with Crippen molar-refractivity contribution in [3.8, 4) is 22.8 Å². The average Bonchev–Trinajstić information content (AvgIpc) is 3.25. The van der Waals surface area contributed by atoms with Crippen LogP contribution in [0.5, 0.6) is 5.75 Å². The van der Waals surface area contributed by atoms with E-state index in [4.69, 9.17) is 0 Å². The zero-order valence-corrected chi connectivity index (χ0v) is 16.5. The number of hydrogen-bond donors (Lipinski definition) is 2. The number of rotatable bonds is 6. The van der Waals surface area contributed by atoms with Crippen LogP contribution >= 0.6 is 0 Å². The van der Waals surface area contributed by atoms with E-state index in [1.807, 2.05) is 42.5 Å². The zero-order chi connectivity index (χ0) is 20.9. The van der Waals surface area contributed by atoms with Crippen molar-refractivity contribution in [1.29, 1.82) is 0 Å². The van der Waals surface area contributed by atoms with Crippen molar-refractivity contribution < 1.29 is 9.90 Å². The molecule has 4 rings (SSSR count). The van der Waals surface area contributed by atoms with Crippen molar-refractivity contribution in [3.63, 3.8) is 0 Å². The normalized spacial score (nSPS) is 10.7. The van der Waals surface area contributed by atoms with Crippen LogP contribution in [0.3, 0.4) is 0 Å². The number of para-hydroxylation sites is 1. The predicted molar refractivity (Wildman–Crippen MR) is 115 cm³/mol. The maximum absolute atomic E-state index is 12.7. The predicted octanol–water partition coefficient (Wildman–Crippen LogP) is 4.24. The SMILES string of the molecule is CCCc1ccc(C(=O)Nc2ccccc2-c2nnn(-c3ccc(O)cc3)n2)cc1. The Morgan fingerprint density at radius 3 is 2.47 bits per heavy atom. The molecule has 0 radical (unpaired) electrons. The maximum atomic E-state index is 12.7. The number of nitrogens with zero attached hydrogens (tertiary/aromatic N) is 4. The molecule has 0 spiro atoms. The fraction of sp³-hybridized carbons (Fsp3) is 0.130. The number of phenols is 1. The molecule has 0 saturated carbocycles. The van der Waals surface area contributed by atoms with E-state index in [0.717, 1.165) is 12.8 Å². The number of aromatic nitrogens is 4. The Labute approximate surface area is 174 Å². The highest BCUT2D eigenvalue weighted by Crippen LogP contribution is 2.25. The van der Waals surface area contributed by atoms with E-state index in [2.05, 4.69) is 27.7 Å². The van der Waals surface area contributed by atoms with Gasteiger partial charge in [-0.1, -0.05) is 37.6 Å². The van der Waals surface area contributed by atoms with Gasteiger partial charge in [0.25, 0.3) is 5.91 Å². The van der Waals surface area contributed by atoms with Gasteiger partial charge in [0.2, 0.25) is 5.82 Å². The van der Waals surface area contributed by atoms with Gasteiger partial charge in [-0.05, 0) is 65.7 Å². The third kappa shape index (κ3) is 4.20. The van der Waals surface area contributed by atoms with Gasteiger partial charge in [-0.3, -0.25) is 4.79 Å². The molecule has 0 fully saturated rings. The summed E-state index contributed by atoms with van der Waals surface area (Å²) in [5.74, 6) is 0.351. The summed E-state index contributed by atoms with van der Waals surface area (Å²) < 4.78 is 0. The first kappa shape index (κ1) is 19.3. The molecule has 7 heteroatoms. The lowest BCUT2D eigenvalue weighted by atomic mass is 10.1. The molecule has 7 nitrogen and oxygen atoms in total. The number of aromatic hydroxyl groups is 1. The Hall–Kier alpha value is -4.00. The molecule has 0 aliphatic rings. The number of phenolic OH excluding ortho intramolecular Hbond substituents is 1. The van der Waals surface area contributed by atoms with Gasteiger partial charge in [-0.2, -0.15) is 0 Å². The molecule has 4 aromatic rings. The van der Waals surface area contributed by atoms with Crippen LogP contribution in [0.1, 0.15) is 29.3 Å². The second kappa shape index (κ2) is 8.57. The lowest BCUT2D eigenvalue weighted by Gasteiger charge is -2.09. The van der Waals surface area contributed by atoms with Gasteiger partial charge in [0.1, 0.15) is 5.75 Å². The number of carbonyl (C=O) groups is 1. The minimum atomic E-state index is -0.198. The minimum Gasteiger partial charge on any atom is -0.508 e. The highest BCUT2D eigenvalue weighted by molar-refractivity contribution is 6.06. The van der Waals surface area contributed by atoms with Crippen molar-refractivity contribution in [1.82, 2.24) is 20.2 Å². The largest absolute Gasteiger partial charge is 0.508 e. The fourth-order valence-electron chi connectivity index (χ4n) is 3.11. The molecule has 0 aliphatic heterocycles. The number of aryl methyl sites for hydroxylation is 1. The van der Waals surface area contributed by atoms with Crippen LogP contribution in [0, 0.1) is 0 Å². The van der Waals surface area contributed by atoms with Gasteiger partial charge in [-0.15, -0.1) is 15.0 Å². The van der Waals surface area contributed by atoms with Crippen LogP contribution in [-0.2, 0) is 6.42 Å². The molecule has 0 unspecified atom stereocenters.